The van der Waals surface area contributed by atoms with E-state index in [1.807, 2.05) is 19.1 Å². The number of nitrogens with zero attached hydrogens (tertiary/aromatic N) is 1. The molecule has 14 heavy (non-hydrogen) atoms. The molecule has 0 spiro atoms. The van der Waals surface area contributed by atoms with Crippen LogP contribution in [0.3, 0.4) is 0 Å². The van der Waals surface area contributed by atoms with Crippen molar-refractivity contribution in [3.8, 4) is 17.1 Å². The summed E-state index contributed by atoms with van der Waals surface area (Å²) >= 11 is 0. The molecule has 0 saturated heterocycles. The number of nitrogens with two attached hydrogens (primary N) is 1. The van der Waals surface area contributed by atoms with Crippen LogP contribution in [0.15, 0.2) is 28.8 Å². The van der Waals surface area contributed by atoms with Gasteiger partial charge in [0.15, 0.2) is 11.6 Å². The van der Waals surface area contributed by atoms with Gasteiger partial charge in [0.05, 0.1) is 0 Å². The molecular weight excluding hydrogens is 180 g/mol. The Balaban J connectivity index is 2.47. The monoisotopic (exact) mass is 190 g/mol. The van der Waals surface area contributed by atoms with Crippen LogP contribution in [0.25, 0.3) is 11.3 Å². The van der Waals surface area contributed by atoms with Crippen molar-refractivity contribution in [2.75, 3.05) is 5.73 Å². The first-order valence-electron chi connectivity index (χ1n) is 4.19. The average Bonchev–Trinajstić information content (AvgIpc) is 2.57. The Bertz CT molecular complexity index is 463. The van der Waals surface area contributed by atoms with E-state index in [1.165, 1.54) is 0 Å². The smallest absolute Gasteiger partial charge is 0.169 e. The van der Waals surface area contributed by atoms with Gasteiger partial charge >= 0.3 is 0 Å². The molecule has 1 heterocycles. The highest BCUT2D eigenvalue weighted by Crippen LogP contribution is 2.26. The van der Waals surface area contributed by atoms with Crippen molar-refractivity contribution >= 4 is 5.82 Å². The van der Waals surface area contributed by atoms with Crippen LogP contribution < -0.4 is 5.73 Å². The van der Waals surface area contributed by atoms with Crippen LogP contribution in [-0.4, -0.2) is 10.3 Å². The minimum atomic E-state index is 0.234. The molecule has 2 rings (SSSR count). The normalized spacial score (nSPS) is 10.4. The lowest BCUT2D eigenvalue weighted by molar-refractivity contribution is 0.434. The highest BCUT2D eigenvalue weighted by molar-refractivity contribution is 5.62. The zero-order chi connectivity index (χ0) is 10.1. The fraction of sp³-hybridized carbons (Fsp3) is 0.100. The van der Waals surface area contributed by atoms with Gasteiger partial charge in [-0.25, -0.2) is 0 Å². The quantitative estimate of drug-likeness (QED) is 0.720. The van der Waals surface area contributed by atoms with Crippen LogP contribution in [0.4, 0.5) is 5.82 Å². The van der Waals surface area contributed by atoms with E-state index < -0.39 is 0 Å². The first-order chi connectivity index (χ1) is 6.66. The maximum atomic E-state index is 9.47. The number of nitrogen functional groups attached to an aromatic ring is 1. The second-order valence-electron chi connectivity index (χ2n) is 3.12. The van der Waals surface area contributed by atoms with Crippen molar-refractivity contribution in [3.63, 3.8) is 0 Å². The van der Waals surface area contributed by atoms with Gasteiger partial charge in [0.2, 0.25) is 0 Å². The SMILES string of the molecule is Cc1ccc(-c2cc(N)no2)cc1O. The van der Waals surface area contributed by atoms with Crippen LogP contribution >= 0.6 is 0 Å². The second kappa shape index (κ2) is 3.06. The fourth-order valence-corrected chi connectivity index (χ4v) is 1.19. The van der Waals surface area contributed by atoms with Crippen molar-refractivity contribution in [1.29, 1.82) is 0 Å². The van der Waals surface area contributed by atoms with E-state index in [1.54, 1.807) is 12.1 Å². The van der Waals surface area contributed by atoms with Crippen LogP contribution in [0.1, 0.15) is 5.56 Å². The number of anilines is 1. The highest BCUT2D eigenvalue weighted by atomic mass is 16.5. The van der Waals surface area contributed by atoms with Gasteiger partial charge in [-0.2, -0.15) is 0 Å². The van der Waals surface area contributed by atoms with E-state index >= 15 is 0 Å². The van der Waals surface area contributed by atoms with E-state index in [0.29, 0.717) is 11.6 Å². The van der Waals surface area contributed by atoms with Gasteiger partial charge in [-0.05, 0) is 18.6 Å². The molecule has 4 nitrogen and oxygen atoms in total. The summed E-state index contributed by atoms with van der Waals surface area (Å²) < 4.78 is 4.96. The summed E-state index contributed by atoms with van der Waals surface area (Å²) in [5.74, 6) is 1.12. The van der Waals surface area contributed by atoms with Crippen molar-refractivity contribution in [2.45, 2.75) is 6.92 Å². The fourth-order valence-electron chi connectivity index (χ4n) is 1.19. The highest BCUT2D eigenvalue weighted by Gasteiger charge is 2.06. The molecule has 0 radical (unpaired) electrons. The first-order valence-corrected chi connectivity index (χ1v) is 4.19. The van der Waals surface area contributed by atoms with Gasteiger partial charge in [0, 0.05) is 11.6 Å². The molecule has 0 bridgehead atoms. The molecule has 1 aromatic heterocycles. The van der Waals surface area contributed by atoms with Gasteiger partial charge in [0.25, 0.3) is 0 Å². The molecule has 0 aliphatic carbocycles. The Hall–Kier alpha value is -1.97. The van der Waals surface area contributed by atoms with Gasteiger partial charge in [-0.15, -0.1) is 0 Å². The number of aromatic hydroxyl groups is 1. The Morgan fingerprint density at radius 2 is 2.14 bits per heavy atom. The lowest BCUT2D eigenvalue weighted by atomic mass is 10.1. The van der Waals surface area contributed by atoms with Gasteiger partial charge in [-0.3, -0.25) is 0 Å². The summed E-state index contributed by atoms with van der Waals surface area (Å²) in [4.78, 5) is 0. The summed E-state index contributed by atoms with van der Waals surface area (Å²) in [6, 6.07) is 6.89. The van der Waals surface area contributed by atoms with E-state index in [4.69, 9.17) is 10.3 Å². The number of hydrogen-bond donors (Lipinski definition) is 2. The standard InChI is InChI=1S/C10H10N2O2/c1-6-2-3-7(4-8(6)13)9-5-10(11)12-14-9/h2-5,13H,1H3,(H2,11,12). The van der Waals surface area contributed by atoms with Crippen molar-refractivity contribution in [2.24, 2.45) is 0 Å². The summed E-state index contributed by atoms with van der Waals surface area (Å²) in [6.45, 7) is 1.83. The van der Waals surface area contributed by atoms with Crippen LogP contribution in [0.2, 0.25) is 0 Å². The predicted molar refractivity (Wildman–Crippen MR) is 52.8 cm³/mol. The molecule has 72 valence electrons. The average molecular weight is 190 g/mol. The van der Waals surface area contributed by atoms with Crippen molar-refractivity contribution in [1.82, 2.24) is 5.16 Å². The van der Waals surface area contributed by atoms with Crippen LogP contribution in [0, 0.1) is 6.92 Å². The zero-order valence-electron chi connectivity index (χ0n) is 7.69. The molecule has 2 aromatic rings. The molecule has 4 heteroatoms. The Labute approximate surface area is 81.0 Å². The molecule has 0 saturated carbocycles. The summed E-state index contributed by atoms with van der Waals surface area (Å²) in [5.41, 5.74) is 7.00. The molecule has 0 fully saturated rings. The molecular formula is C10H10N2O2. The molecule has 0 atom stereocenters. The summed E-state index contributed by atoms with van der Waals surface area (Å²) in [7, 11) is 0. The molecule has 0 amide bonds. The minimum Gasteiger partial charge on any atom is -0.508 e. The van der Waals surface area contributed by atoms with Gasteiger partial charge in [0.1, 0.15) is 5.75 Å². The first kappa shape index (κ1) is 8.62. The Morgan fingerprint density at radius 1 is 1.36 bits per heavy atom. The maximum Gasteiger partial charge on any atom is 0.169 e. The topological polar surface area (TPSA) is 72.3 Å². The third-order valence-corrected chi connectivity index (χ3v) is 2.02. The van der Waals surface area contributed by atoms with Crippen LogP contribution in [-0.2, 0) is 0 Å². The van der Waals surface area contributed by atoms with E-state index in [-0.39, 0.29) is 5.75 Å². The number of aryl methyl sites for hydroxylation is 1. The molecule has 3 N–H and O–H groups in total. The number of phenols is 1. The van der Waals surface area contributed by atoms with E-state index in [9.17, 15) is 5.11 Å². The van der Waals surface area contributed by atoms with Crippen molar-refractivity contribution < 1.29 is 9.63 Å². The molecule has 1 aromatic carbocycles. The molecule has 0 unspecified atom stereocenters. The Kier molecular flexibility index (Phi) is 1.89. The number of aromatic nitrogens is 1. The summed E-state index contributed by atoms with van der Waals surface area (Å²) in [5, 5.41) is 13.0. The summed E-state index contributed by atoms with van der Waals surface area (Å²) in [6.07, 6.45) is 0. The van der Waals surface area contributed by atoms with Crippen LogP contribution in [0.5, 0.6) is 5.75 Å². The molecule has 0 aliphatic heterocycles. The Morgan fingerprint density at radius 3 is 2.71 bits per heavy atom. The van der Waals surface area contributed by atoms with Gasteiger partial charge < -0.3 is 15.4 Å². The zero-order valence-corrected chi connectivity index (χ0v) is 7.69. The van der Waals surface area contributed by atoms with Crippen molar-refractivity contribution in [3.05, 3.63) is 29.8 Å². The number of hydrogen-bond acceptors (Lipinski definition) is 4. The third kappa shape index (κ3) is 1.42. The third-order valence-electron chi connectivity index (χ3n) is 2.02. The lowest BCUT2D eigenvalue weighted by Crippen LogP contribution is -1.80. The number of phenolic OH excluding ortho intramolecular Hbond substituents is 1. The maximum absolute atomic E-state index is 9.47. The lowest BCUT2D eigenvalue weighted by Gasteiger charge is -1.99. The minimum absolute atomic E-state index is 0.234. The number of benzene rings is 1. The van der Waals surface area contributed by atoms with E-state index in [0.717, 1.165) is 11.1 Å². The van der Waals surface area contributed by atoms with Gasteiger partial charge in [-0.1, -0.05) is 17.3 Å². The number of rotatable bonds is 1. The predicted octanol–water partition coefficient (Wildman–Crippen LogP) is 1.94. The second-order valence-corrected chi connectivity index (χ2v) is 3.12. The van der Waals surface area contributed by atoms with E-state index in [2.05, 4.69) is 5.16 Å². The largest absolute Gasteiger partial charge is 0.508 e. The molecule has 0 aliphatic rings.